The van der Waals surface area contributed by atoms with Crippen LogP contribution in [0.3, 0.4) is 0 Å². The van der Waals surface area contributed by atoms with E-state index in [2.05, 4.69) is 15.4 Å². The van der Waals surface area contributed by atoms with Crippen LogP contribution in [-0.2, 0) is 16.5 Å². The minimum atomic E-state index is -4.62. The van der Waals surface area contributed by atoms with E-state index < -0.39 is 40.1 Å². The van der Waals surface area contributed by atoms with Crippen LogP contribution in [0.25, 0.3) is 0 Å². The van der Waals surface area contributed by atoms with Crippen LogP contribution in [0.1, 0.15) is 44.1 Å². The first-order valence-corrected chi connectivity index (χ1v) is 10.2. The molecule has 5 nitrogen and oxygen atoms in total. The first-order valence-electron chi connectivity index (χ1n) is 9.85. The number of hydrogen-bond acceptors (Lipinski definition) is 3. The van der Waals surface area contributed by atoms with Gasteiger partial charge in [-0.1, -0.05) is 0 Å². The molecule has 0 unspecified atom stereocenters. The van der Waals surface area contributed by atoms with E-state index in [1.165, 1.54) is 0 Å². The number of carbonyl (C=O) groups is 1. The Balaban J connectivity index is 1.46. The van der Waals surface area contributed by atoms with Crippen LogP contribution in [0.2, 0.25) is 5.28 Å². The Hall–Kier alpha value is -2.16. The van der Waals surface area contributed by atoms with Gasteiger partial charge in [-0.3, -0.25) is 4.79 Å². The van der Waals surface area contributed by atoms with Crippen molar-refractivity contribution in [2.45, 2.75) is 50.2 Å². The number of halogens is 5. The fraction of sp³-hybridized carbons (Fsp3) is 0.550. The van der Waals surface area contributed by atoms with Crippen molar-refractivity contribution >= 4 is 23.2 Å². The Morgan fingerprint density at radius 3 is 2.50 bits per heavy atom. The van der Waals surface area contributed by atoms with E-state index >= 15 is 0 Å². The topological polar surface area (TPSA) is 59.8 Å². The molecule has 0 spiro atoms. The zero-order valence-corrected chi connectivity index (χ0v) is 16.6. The molecule has 1 heterocycles. The molecule has 4 saturated carbocycles. The second kappa shape index (κ2) is 6.42. The molecule has 1 N–H and O–H groups in total. The summed E-state index contributed by atoms with van der Waals surface area (Å²) in [4.78, 5) is 17.3. The smallest absolute Gasteiger partial charge is 0.323 e. The van der Waals surface area contributed by atoms with Crippen LogP contribution in [-0.4, -0.2) is 20.7 Å². The van der Waals surface area contributed by atoms with E-state index in [0.717, 1.165) is 25.3 Å². The van der Waals surface area contributed by atoms with Gasteiger partial charge in [0.05, 0.1) is 22.2 Å². The maximum Gasteiger partial charge on any atom is 0.416 e. The van der Waals surface area contributed by atoms with Crippen molar-refractivity contribution in [3.8, 4) is 0 Å². The van der Waals surface area contributed by atoms with Gasteiger partial charge in [-0.05, 0) is 80.2 Å². The van der Waals surface area contributed by atoms with Crippen molar-refractivity contribution in [2.75, 3.05) is 5.32 Å². The van der Waals surface area contributed by atoms with E-state index in [9.17, 15) is 22.4 Å². The average molecular weight is 443 g/mol. The lowest BCUT2D eigenvalue weighted by Crippen LogP contribution is -2.60. The predicted octanol–water partition coefficient (Wildman–Crippen LogP) is 5.02. The first kappa shape index (κ1) is 19.8. The molecule has 4 aliphatic carbocycles. The lowest BCUT2D eigenvalue weighted by molar-refractivity contribution is -0.150. The number of benzene rings is 1. The summed E-state index contributed by atoms with van der Waals surface area (Å²) in [5, 5.41) is 6.89. The number of carbonyl (C=O) groups excluding carboxylic acids is 1. The molecule has 0 saturated heterocycles. The standard InChI is InChI=1S/C20H19ClF4N4O/c21-17-26-10-29(28-17)19-7-11-3-12(8-19)6-18(5-11,9-19)16(30)27-15-4-13(20(23,24)25)1-2-14(15)22/h1-2,4,10-12H,3,5-9H2,(H,27,30)/t11-,12-,18?,19?/m1/s1. The number of anilines is 1. The van der Waals surface area contributed by atoms with E-state index in [1.807, 2.05) is 0 Å². The lowest BCUT2D eigenvalue weighted by atomic mass is 9.46. The minimum absolute atomic E-state index is 0.135. The van der Waals surface area contributed by atoms with Crippen LogP contribution in [0.4, 0.5) is 23.2 Å². The van der Waals surface area contributed by atoms with Gasteiger partial charge in [-0.15, -0.1) is 5.10 Å². The molecule has 30 heavy (non-hydrogen) atoms. The number of nitrogens with one attached hydrogen (secondary N) is 1. The number of alkyl halides is 3. The molecular weight excluding hydrogens is 424 g/mol. The molecule has 2 atom stereocenters. The van der Waals surface area contributed by atoms with E-state index in [1.54, 1.807) is 11.0 Å². The Kier molecular flexibility index (Phi) is 4.23. The number of hydrogen-bond donors (Lipinski definition) is 1. The summed E-state index contributed by atoms with van der Waals surface area (Å²) in [6.07, 6.45) is 1.44. The molecule has 1 aromatic carbocycles. The van der Waals surface area contributed by atoms with Gasteiger partial charge in [0.25, 0.3) is 0 Å². The predicted molar refractivity (Wildman–Crippen MR) is 100 cm³/mol. The molecule has 6 rings (SSSR count). The summed E-state index contributed by atoms with van der Waals surface area (Å²) in [7, 11) is 0. The molecular formula is C20H19ClF4N4O. The van der Waals surface area contributed by atoms with Crippen molar-refractivity contribution in [2.24, 2.45) is 17.3 Å². The van der Waals surface area contributed by atoms with E-state index in [-0.39, 0.29) is 5.28 Å². The molecule has 1 amide bonds. The van der Waals surface area contributed by atoms with Crippen LogP contribution in [0.15, 0.2) is 24.5 Å². The summed E-state index contributed by atoms with van der Waals surface area (Å²) in [5.41, 5.74) is -2.61. The highest BCUT2D eigenvalue weighted by molar-refractivity contribution is 6.28. The van der Waals surface area contributed by atoms with Gasteiger partial charge in [0.2, 0.25) is 11.2 Å². The SMILES string of the molecule is O=C(Nc1cc(C(F)(F)F)ccc1F)C12C[C@H]3C[C@H](C1)CC(n1cnc(Cl)n1)(C3)C2. The fourth-order valence-corrected chi connectivity index (χ4v) is 6.40. The third kappa shape index (κ3) is 3.09. The summed E-state index contributed by atoms with van der Waals surface area (Å²) >= 11 is 5.92. The highest BCUT2D eigenvalue weighted by atomic mass is 35.5. The Bertz CT molecular complexity index is 1010. The van der Waals surface area contributed by atoms with Crippen molar-refractivity contribution in [1.29, 1.82) is 0 Å². The van der Waals surface area contributed by atoms with Gasteiger partial charge in [-0.25, -0.2) is 14.1 Å². The molecule has 4 fully saturated rings. The van der Waals surface area contributed by atoms with Gasteiger partial charge in [0, 0.05) is 0 Å². The van der Waals surface area contributed by atoms with E-state index in [0.29, 0.717) is 43.2 Å². The van der Waals surface area contributed by atoms with Crippen molar-refractivity contribution < 1.29 is 22.4 Å². The second-order valence-corrected chi connectivity index (χ2v) is 9.41. The first-order chi connectivity index (χ1) is 14.1. The third-order valence-electron chi connectivity index (χ3n) is 7.00. The van der Waals surface area contributed by atoms with Gasteiger partial charge in [0.15, 0.2) is 0 Å². The van der Waals surface area contributed by atoms with Crippen LogP contribution >= 0.6 is 11.6 Å². The summed E-state index contributed by atoms with van der Waals surface area (Å²) in [5.74, 6) is -0.720. The van der Waals surface area contributed by atoms with Gasteiger partial charge >= 0.3 is 6.18 Å². The normalized spacial score (nSPS) is 32.4. The highest BCUT2D eigenvalue weighted by Gasteiger charge is 2.61. The maximum absolute atomic E-state index is 14.2. The summed E-state index contributed by atoms with van der Waals surface area (Å²) in [6, 6.07) is 2.05. The van der Waals surface area contributed by atoms with Crippen LogP contribution in [0.5, 0.6) is 0 Å². The van der Waals surface area contributed by atoms with Crippen molar-refractivity contribution in [1.82, 2.24) is 14.8 Å². The zero-order chi connectivity index (χ0) is 21.3. The van der Waals surface area contributed by atoms with Crippen molar-refractivity contribution in [3.63, 3.8) is 0 Å². The monoisotopic (exact) mass is 442 g/mol. The van der Waals surface area contributed by atoms with Crippen LogP contribution in [0, 0.1) is 23.1 Å². The molecule has 4 aliphatic rings. The zero-order valence-electron chi connectivity index (χ0n) is 15.8. The largest absolute Gasteiger partial charge is 0.416 e. The third-order valence-corrected chi connectivity index (χ3v) is 7.18. The molecule has 2 aromatic rings. The Morgan fingerprint density at radius 2 is 1.90 bits per heavy atom. The van der Waals surface area contributed by atoms with E-state index in [4.69, 9.17) is 11.6 Å². The van der Waals surface area contributed by atoms with Gasteiger partial charge in [0.1, 0.15) is 12.1 Å². The van der Waals surface area contributed by atoms with Gasteiger partial charge < -0.3 is 5.32 Å². The Morgan fingerprint density at radius 1 is 1.20 bits per heavy atom. The number of nitrogens with zero attached hydrogens (tertiary/aromatic N) is 3. The number of rotatable bonds is 3. The quantitative estimate of drug-likeness (QED) is 0.679. The Labute approximate surface area is 174 Å². The minimum Gasteiger partial charge on any atom is -0.323 e. The average Bonchev–Trinajstić information content (AvgIpc) is 3.09. The molecule has 10 heteroatoms. The molecule has 160 valence electrons. The molecule has 0 aliphatic heterocycles. The fourth-order valence-electron chi connectivity index (χ4n) is 6.27. The van der Waals surface area contributed by atoms with Crippen molar-refractivity contribution in [3.05, 3.63) is 41.2 Å². The number of amides is 1. The summed E-state index contributed by atoms with van der Waals surface area (Å²) in [6.45, 7) is 0. The van der Waals surface area contributed by atoms with Gasteiger partial charge in [-0.2, -0.15) is 13.2 Å². The molecule has 0 radical (unpaired) electrons. The lowest BCUT2D eigenvalue weighted by Gasteiger charge is -2.60. The number of aromatic nitrogens is 3. The van der Waals surface area contributed by atoms with Crippen LogP contribution < -0.4 is 5.32 Å². The highest BCUT2D eigenvalue weighted by Crippen LogP contribution is 2.64. The molecule has 1 aromatic heterocycles. The summed E-state index contributed by atoms with van der Waals surface area (Å²) < 4.78 is 55.1. The maximum atomic E-state index is 14.2. The second-order valence-electron chi connectivity index (χ2n) is 9.07. The molecule has 4 bridgehead atoms.